The first-order valence-electron chi connectivity index (χ1n) is 11.2. The number of ether oxygens (including phenoxy) is 1. The number of carbonyl (C=O) groups excluding carboxylic acids is 1. The summed E-state index contributed by atoms with van der Waals surface area (Å²) in [5, 5.41) is 5.49. The number of thiazole rings is 1. The Morgan fingerprint density at radius 1 is 1.25 bits per heavy atom. The molecule has 3 aromatic rings. The molecule has 0 atom stereocenters. The highest BCUT2D eigenvalue weighted by Crippen LogP contribution is 2.33. The molecule has 1 amide bonds. The Hall–Kier alpha value is -2.60. The standard InChI is InChI=1S/C24H24ClF2N3O4S2/c1-15-6-7-18(12-19(15)25)36(32,33)30-10-8-16(9-11-30)23-29-20(14-35-23)22(31)28-13-17-4-2-3-5-21(17)34-24(26)27/h2-7,12,14,16,24H,8-11,13H2,1H3,(H,28,31). The molecule has 1 N–H and O–H groups in total. The molecule has 1 aromatic heterocycles. The molecule has 2 aromatic carbocycles. The van der Waals surface area contributed by atoms with Gasteiger partial charge >= 0.3 is 6.61 Å². The fourth-order valence-corrected chi connectivity index (χ4v) is 6.65. The highest BCUT2D eigenvalue weighted by Gasteiger charge is 2.31. The Balaban J connectivity index is 1.35. The molecule has 4 rings (SSSR count). The van der Waals surface area contributed by atoms with Gasteiger partial charge in [0.05, 0.1) is 9.90 Å². The van der Waals surface area contributed by atoms with E-state index < -0.39 is 22.5 Å². The second kappa shape index (κ2) is 11.2. The van der Waals surface area contributed by atoms with Crippen LogP contribution in [0.3, 0.4) is 0 Å². The summed E-state index contributed by atoms with van der Waals surface area (Å²) < 4.78 is 57.1. The Kier molecular flexibility index (Phi) is 8.23. The molecule has 0 saturated carbocycles. The molecule has 1 aliphatic rings. The van der Waals surface area contributed by atoms with Crippen molar-refractivity contribution in [1.82, 2.24) is 14.6 Å². The third kappa shape index (κ3) is 6.03. The Morgan fingerprint density at radius 3 is 2.67 bits per heavy atom. The molecular weight excluding hydrogens is 532 g/mol. The number of carbonyl (C=O) groups is 1. The van der Waals surface area contributed by atoms with Gasteiger partial charge in [-0.05, 0) is 43.5 Å². The molecular formula is C24H24ClF2N3O4S2. The summed E-state index contributed by atoms with van der Waals surface area (Å²) in [6.45, 7) is -0.471. The van der Waals surface area contributed by atoms with Gasteiger partial charge in [0.2, 0.25) is 10.0 Å². The fraction of sp³-hybridized carbons (Fsp3) is 0.333. The van der Waals surface area contributed by atoms with E-state index in [2.05, 4.69) is 15.0 Å². The van der Waals surface area contributed by atoms with Crippen LogP contribution in [0.15, 0.2) is 52.7 Å². The number of hydrogen-bond acceptors (Lipinski definition) is 6. The lowest BCUT2D eigenvalue weighted by Gasteiger charge is -2.30. The van der Waals surface area contributed by atoms with Crippen molar-refractivity contribution in [3.05, 3.63) is 74.7 Å². The van der Waals surface area contributed by atoms with Crippen LogP contribution in [-0.2, 0) is 16.6 Å². The number of nitrogens with zero attached hydrogens (tertiary/aromatic N) is 2. The number of aryl methyl sites for hydroxylation is 1. The molecule has 1 aliphatic heterocycles. The topological polar surface area (TPSA) is 88.6 Å². The van der Waals surface area contributed by atoms with Crippen molar-refractivity contribution in [3.8, 4) is 5.75 Å². The minimum Gasteiger partial charge on any atom is -0.434 e. The quantitative estimate of drug-likeness (QED) is 0.412. The predicted octanol–water partition coefficient (Wildman–Crippen LogP) is 5.20. The van der Waals surface area contributed by atoms with Crippen molar-refractivity contribution in [2.24, 2.45) is 0 Å². The largest absolute Gasteiger partial charge is 0.434 e. The van der Waals surface area contributed by atoms with Gasteiger partial charge in [-0.25, -0.2) is 13.4 Å². The van der Waals surface area contributed by atoms with Crippen molar-refractivity contribution in [3.63, 3.8) is 0 Å². The Morgan fingerprint density at radius 2 is 1.97 bits per heavy atom. The van der Waals surface area contributed by atoms with Crippen molar-refractivity contribution < 1.29 is 26.7 Å². The lowest BCUT2D eigenvalue weighted by Crippen LogP contribution is -2.37. The molecule has 2 heterocycles. The van der Waals surface area contributed by atoms with Gasteiger partial charge in [-0.3, -0.25) is 4.79 Å². The maximum atomic E-state index is 13.0. The number of rotatable bonds is 8. The van der Waals surface area contributed by atoms with E-state index in [4.69, 9.17) is 11.6 Å². The summed E-state index contributed by atoms with van der Waals surface area (Å²) in [6.07, 6.45) is 1.15. The SMILES string of the molecule is Cc1ccc(S(=O)(=O)N2CCC(c3nc(C(=O)NCc4ccccc4OC(F)F)cs3)CC2)cc1Cl. The minimum atomic E-state index is -3.65. The normalized spacial score (nSPS) is 15.2. The van der Waals surface area contributed by atoms with Gasteiger partial charge in [-0.2, -0.15) is 13.1 Å². The number of nitrogens with one attached hydrogen (secondary N) is 1. The molecule has 0 spiro atoms. The third-order valence-corrected chi connectivity index (χ3v) is 9.28. The van der Waals surface area contributed by atoms with E-state index in [1.165, 1.54) is 27.8 Å². The maximum Gasteiger partial charge on any atom is 0.387 e. The lowest BCUT2D eigenvalue weighted by atomic mass is 9.99. The zero-order valence-electron chi connectivity index (χ0n) is 19.3. The van der Waals surface area contributed by atoms with E-state index in [9.17, 15) is 22.0 Å². The first-order chi connectivity index (χ1) is 17.1. The van der Waals surface area contributed by atoms with Gasteiger partial charge in [-0.1, -0.05) is 35.9 Å². The number of halogens is 3. The number of aromatic nitrogens is 1. The number of hydrogen-bond donors (Lipinski definition) is 1. The van der Waals surface area contributed by atoms with Crippen LogP contribution in [0.4, 0.5) is 8.78 Å². The zero-order chi connectivity index (χ0) is 25.9. The number of piperidine rings is 1. The first kappa shape index (κ1) is 26.5. The van der Waals surface area contributed by atoms with E-state index in [1.807, 2.05) is 6.92 Å². The van der Waals surface area contributed by atoms with Crippen LogP contribution in [0, 0.1) is 6.92 Å². The summed E-state index contributed by atoms with van der Waals surface area (Å²) >= 11 is 7.46. The van der Waals surface area contributed by atoms with Crippen LogP contribution in [-0.4, -0.2) is 43.3 Å². The monoisotopic (exact) mass is 555 g/mol. The van der Waals surface area contributed by atoms with Crippen LogP contribution in [0.5, 0.6) is 5.75 Å². The summed E-state index contributed by atoms with van der Waals surface area (Å²) in [5.74, 6) is -0.397. The second-order valence-electron chi connectivity index (χ2n) is 8.33. The molecule has 7 nitrogen and oxygen atoms in total. The molecule has 1 saturated heterocycles. The maximum absolute atomic E-state index is 13.0. The lowest BCUT2D eigenvalue weighted by molar-refractivity contribution is -0.0504. The summed E-state index contributed by atoms with van der Waals surface area (Å²) in [5.41, 5.74) is 1.46. The van der Waals surface area contributed by atoms with Gasteiger partial charge in [-0.15, -0.1) is 11.3 Å². The average molecular weight is 556 g/mol. The smallest absolute Gasteiger partial charge is 0.387 e. The molecule has 12 heteroatoms. The zero-order valence-corrected chi connectivity index (χ0v) is 21.7. The van der Waals surface area contributed by atoms with Crippen LogP contribution in [0.1, 0.15) is 45.4 Å². The third-order valence-electron chi connectivity index (χ3n) is 5.97. The molecule has 1 fully saturated rings. The van der Waals surface area contributed by atoms with Gasteiger partial charge in [0.15, 0.2) is 0 Å². The number of para-hydroxylation sites is 1. The van der Waals surface area contributed by atoms with E-state index >= 15 is 0 Å². The molecule has 192 valence electrons. The van der Waals surface area contributed by atoms with Crippen LogP contribution < -0.4 is 10.1 Å². The van der Waals surface area contributed by atoms with Crippen molar-refractivity contribution in [1.29, 1.82) is 0 Å². The van der Waals surface area contributed by atoms with E-state index in [1.54, 1.807) is 35.7 Å². The van der Waals surface area contributed by atoms with Crippen molar-refractivity contribution in [2.75, 3.05) is 13.1 Å². The van der Waals surface area contributed by atoms with Crippen LogP contribution in [0.25, 0.3) is 0 Å². The number of sulfonamides is 1. The van der Waals surface area contributed by atoms with Crippen LogP contribution in [0.2, 0.25) is 5.02 Å². The Labute approximate surface area is 217 Å². The van der Waals surface area contributed by atoms with E-state index in [0.717, 1.165) is 10.6 Å². The van der Waals surface area contributed by atoms with Crippen molar-refractivity contribution >= 4 is 38.9 Å². The van der Waals surface area contributed by atoms with Gasteiger partial charge in [0.25, 0.3) is 5.91 Å². The molecule has 0 aliphatic carbocycles. The summed E-state index contributed by atoms with van der Waals surface area (Å²) in [4.78, 5) is 17.2. The van der Waals surface area contributed by atoms with Crippen molar-refractivity contribution in [2.45, 2.75) is 43.7 Å². The van der Waals surface area contributed by atoms with Gasteiger partial charge in [0.1, 0.15) is 11.4 Å². The number of amides is 1. The molecule has 0 unspecified atom stereocenters. The summed E-state index contributed by atoms with van der Waals surface area (Å²) in [6, 6.07) is 11.0. The molecule has 0 radical (unpaired) electrons. The second-order valence-corrected chi connectivity index (χ2v) is 11.6. The molecule has 36 heavy (non-hydrogen) atoms. The van der Waals surface area contributed by atoms with Gasteiger partial charge in [0, 0.05) is 41.5 Å². The fourth-order valence-electron chi connectivity index (χ4n) is 3.93. The highest BCUT2D eigenvalue weighted by molar-refractivity contribution is 7.89. The first-order valence-corrected chi connectivity index (χ1v) is 13.9. The predicted molar refractivity (Wildman–Crippen MR) is 133 cm³/mol. The number of alkyl halides is 2. The minimum absolute atomic E-state index is 0.00128. The molecule has 0 bridgehead atoms. The highest BCUT2D eigenvalue weighted by atomic mass is 35.5. The Bertz CT molecular complexity index is 1340. The number of benzene rings is 2. The average Bonchev–Trinajstić information content (AvgIpc) is 3.35. The van der Waals surface area contributed by atoms with E-state index in [0.29, 0.717) is 36.5 Å². The van der Waals surface area contributed by atoms with E-state index in [-0.39, 0.29) is 28.8 Å². The van der Waals surface area contributed by atoms with Gasteiger partial charge < -0.3 is 10.1 Å². The van der Waals surface area contributed by atoms with Crippen LogP contribution >= 0.6 is 22.9 Å². The summed E-state index contributed by atoms with van der Waals surface area (Å²) in [7, 11) is -3.65.